The molecule has 0 aliphatic heterocycles. The second kappa shape index (κ2) is 7.15. The summed E-state index contributed by atoms with van der Waals surface area (Å²) in [6, 6.07) is 9.68. The minimum absolute atomic E-state index is 0.249. The van der Waals surface area contributed by atoms with Crippen LogP contribution in [-0.2, 0) is 11.3 Å². The molecule has 0 atom stereocenters. The van der Waals surface area contributed by atoms with Crippen LogP contribution in [0.25, 0.3) is 0 Å². The fourth-order valence-corrected chi connectivity index (χ4v) is 2.53. The second-order valence-electron chi connectivity index (χ2n) is 4.28. The van der Waals surface area contributed by atoms with Crippen molar-refractivity contribution < 1.29 is 13.9 Å². The number of carbonyl (C=O) groups excluding carboxylic acids is 1. The fraction of sp³-hybridized carbons (Fsp3) is 0.133. The van der Waals surface area contributed by atoms with Crippen molar-refractivity contribution in [3.05, 3.63) is 62.3 Å². The minimum atomic E-state index is -0.478. The lowest BCUT2D eigenvalue weighted by molar-refractivity contribution is 0.102. The summed E-state index contributed by atoms with van der Waals surface area (Å²) in [5.74, 6) is -0.856. The van der Waals surface area contributed by atoms with Crippen LogP contribution in [0.5, 0.6) is 0 Å². The minimum Gasteiger partial charge on any atom is -0.380 e. The van der Waals surface area contributed by atoms with Crippen LogP contribution >= 0.6 is 31.9 Å². The molecule has 0 spiro atoms. The van der Waals surface area contributed by atoms with Crippen molar-refractivity contribution in [2.24, 2.45) is 0 Å². The van der Waals surface area contributed by atoms with Gasteiger partial charge in [-0.2, -0.15) is 0 Å². The topological polar surface area (TPSA) is 38.3 Å². The van der Waals surface area contributed by atoms with Crippen molar-refractivity contribution in [3.63, 3.8) is 0 Å². The zero-order valence-corrected chi connectivity index (χ0v) is 14.3. The summed E-state index contributed by atoms with van der Waals surface area (Å²) in [5, 5.41) is 2.77. The van der Waals surface area contributed by atoms with Crippen LogP contribution in [0.15, 0.2) is 45.3 Å². The van der Waals surface area contributed by atoms with E-state index in [0.29, 0.717) is 16.8 Å². The van der Waals surface area contributed by atoms with Gasteiger partial charge < -0.3 is 10.1 Å². The number of anilines is 1. The van der Waals surface area contributed by atoms with Gasteiger partial charge in [0.15, 0.2) is 0 Å². The van der Waals surface area contributed by atoms with Crippen LogP contribution in [-0.4, -0.2) is 13.0 Å². The molecule has 0 aromatic heterocycles. The lowest BCUT2D eigenvalue weighted by atomic mass is 10.1. The highest BCUT2D eigenvalue weighted by molar-refractivity contribution is 9.10. The van der Waals surface area contributed by atoms with Crippen molar-refractivity contribution >= 4 is 43.5 Å². The standard InChI is InChI=1S/C15H12Br2FNO2/c1-21-8-10-11(16)3-2-4-14(10)19-15(20)9-5-6-12(17)13(18)7-9/h2-7H,8H2,1H3,(H,19,20). The molecule has 2 aromatic rings. The molecule has 2 rings (SSSR count). The molecule has 0 heterocycles. The summed E-state index contributed by atoms with van der Waals surface area (Å²) < 4.78 is 19.8. The van der Waals surface area contributed by atoms with Gasteiger partial charge in [-0.15, -0.1) is 0 Å². The molecule has 21 heavy (non-hydrogen) atoms. The summed E-state index contributed by atoms with van der Waals surface area (Å²) >= 11 is 6.48. The van der Waals surface area contributed by atoms with Crippen molar-refractivity contribution in [1.82, 2.24) is 0 Å². The van der Waals surface area contributed by atoms with Gasteiger partial charge in [0.25, 0.3) is 5.91 Å². The summed E-state index contributed by atoms with van der Waals surface area (Å²) in [6.07, 6.45) is 0. The average molecular weight is 417 g/mol. The highest BCUT2D eigenvalue weighted by atomic mass is 79.9. The number of rotatable bonds is 4. The van der Waals surface area contributed by atoms with E-state index in [1.165, 1.54) is 12.1 Å². The van der Waals surface area contributed by atoms with Gasteiger partial charge in [-0.1, -0.05) is 22.0 Å². The predicted octanol–water partition coefficient (Wildman–Crippen LogP) is 4.75. The smallest absolute Gasteiger partial charge is 0.255 e. The number of amides is 1. The first-order valence-electron chi connectivity index (χ1n) is 6.05. The van der Waals surface area contributed by atoms with Crippen LogP contribution < -0.4 is 5.32 Å². The Balaban J connectivity index is 2.27. The molecular weight excluding hydrogens is 405 g/mol. The number of benzene rings is 2. The lowest BCUT2D eigenvalue weighted by Gasteiger charge is -2.12. The van der Waals surface area contributed by atoms with E-state index >= 15 is 0 Å². The molecule has 0 radical (unpaired) electrons. The van der Waals surface area contributed by atoms with Crippen molar-refractivity contribution in [2.75, 3.05) is 12.4 Å². The van der Waals surface area contributed by atoms with Crippen LogP contribution in [0.1, 0.15) is 15.9 Å². The summed E-state index contributed by atoms with van der Waals surface area (Å²) in [4.78, 5) is 12.2. The maximum absolute atomic E-state index is 13.5. The van der Waals surface area contributed by atoms with Gasteiger partial charge in [-0.25, -0.2) is 4.39 Å². The number of carbonyl (C=O) groups is 1. The van der Waals surface area contributed by atoms with Gasteiger partial charge in [0, 0.05) is 28.4 Å². The van der Waals surface area contributed by atoms with E-state index < -0.39 is 5.82 Å². The largest absolute Gasteiger partial charge is 0.380 e. The van der Waals surface area contributed by atoms with Crippen LogP contribution in [0.2, 0.25) is 0 Å². The molecule has 110 valence electrons. The Labute approximate surface area is 138 Å². The Morgan fingerprint density at radius 3 is 2.67 bits per heavy atom. The number of halogens is 3. The lowest BCUT2D eigenvalue weighted by Crippen LogP contribution is -2.14. The summed E-state index contributed by atoms with van der Waals surface area (Å²) in [6.45, 7) is 0.353. The van der Waals surface area contributed by atoms with Gasteiger partial charge in [0.2, 0.25) is 0 Å². The third-order valence-corrected chi connectivity index (χ3v) is 4.22. The molecule has 0 bridgehead atoms. The zero-order chi connectivity index (χ0) is 15.4. The Kier molecular flexibility index (Phi) is 5.50. The van der Waals surface area contributed by atoms with E-state index in [9.17, 15) is 9.18 Å². The predicted molar refractivity (Wildman–Crippen MR) is 86.9 cm³/mol. The normalized spacial score (nSPS) is 10.5. The van der Waals surface area contributed by atoms with E-state index in [1.807, 2.05) is 6.07 Å². The molecule has 0 saturated carbocycles. The Morgan fingerprint density at radius 1 is 1.24 bits per heavy atom. The molecule has 2 aromatic carbocycles. The van der Waals surface area contributed by atoms with Crippen LogP contribution in [0.3, 0.4) is 0 Å². The number of methoxy groups -OCH3 is 1. The highest BCUT2D eigenvalue weighted by Gasteiger charge is 2.12. The molecule has 1 N–H and O–H groups in total. The molecule has 0 unspecified atom stereocenters. The quantitative estimate of drug-likeness (QED) is 0.780. The van der Waals surface area contributed by atoms with E-state index in [-0.39, 0.29) is 11.5 Å². The van der Waals surface area contributed by atoms with Gasteiger partial charge in [-0.05, 0) is 46.3 Å². The molecule has 1 amide bonds. The SMILES string of the molecule is COCc1c(Br)cccc1NC(=O)c1ccc(Br)c(F)c1. The van der Waals surface area contributed by atoms with E-state index in [2.05, 4.69) is 37.2 Å². The van der Waals surface area contributed by atoms with Gasteiger partial charge in [0.05, 0.1) is 11.1 Å². The third kappa shape index (κ3) is 3.90. The van der Waals surface area contributed by atoms with E-state index in [4.69, 9.17) is 4.74 Å². The number of ether oxygens (including phenoxy) is 1. The molecule has 0 aliphatic rings. The maximum Gasteiger partial charge on any atom is 0.255 e. The van der Waals surface area contributed by atoms with Crippen molar-refractivity contribution in [3.8, 4) is 0 Å². The van der Waals surface area contributed by atoms with Crippen LogP contribution in [0, 0.1) is 5.82 Å². The molecule has 3 nitrogen and oxygen atoms in total. The molecule has 0 saturated heterocycles. The van der Waals surface area contributed by atoms with Gasteiger partial charge in [0.1, 0.15) is 5.82 Å². The van der Waals surface area contributed by atoms with Gasteiger partial charge in [-0.3, -0.25) is 4.79 Å². The third-order valence-electron chi connectivity index (χ3n) is 2.84. The molecule has 6 heteroatoms. The first-order chi connectivity index (χ1) is 10.0. The second-order valence-corrected chi connectivity index (χ2v) is 5.99. The van der Waals surface area contributed by atoms with Crippen LogP contribution in [0.4, 0.5) is 10.1 Å². The molecular formula is C15H12Br2FNO2. The average Bonchev–Trinajstić information content (AvgIpc) is 2.45. The van der Waals surface area contributed by atoms with E-state index in [0.717, 1.165) is 10.0 Å². The number of nitrogens with one attached hydrogen (secondary N) is 1. The number of hydrogen-bond acceptors (Lipinski definition) is 2. The summed E-state index contributed by atoms with van der Waals surface area (Å²) in [7, 11) is 1.58. The zero-order valence-electron chi connectivity index (χ0n) is 11.1. The van der Waals surface area contributed by atoms with Gasteiger partial charge >= 0.3 is 0 Å². The maximum atomic E-state index is 13.5. The Bertz CT molecular complexity index is 677. The molecule has 0 fully saturated rings. The van der Waals surface area contributed by atoms with E-state index in [1.54, 1.807) is 25.3 Å². The van der Waals surface area contributed by atoms with Crippen molar-refractivity contribution in [1.29, 1.82) is 0 Å². The summed E-state index contributed by atoms with van der Waals surface area (Å²) in [5.41, 5.74) is 1.70. The van der Waals surface area contributed by atoms with Crippen molar-refractivity contribution in [2.45, 2.75) is 6.61 Å². The molecule has 0 aliphatic carbocycles. The first kappa shape index (κ1) is 16.1. The Hall–Kier alpha value is -1.24. The highest BCUT2D eigenvalue weighted by Crippen LogP contribution is 2.26. The monoisotopic (exact) mass is 415 g/mol. The number of hydrogen-bond donors (Lipinski definition) is 1. The first-order valence-corrected chi connectivity index (χ1v) is 7.64. The fourth-order valence-electron chi connectivity index (χ4n) is 1.80. The Morgan fingerprint density at radius 2 is 2.00 bits per heavy atom.